The van der Waals surface area contributed by atoms with Crippen LogP contribution in [-0.4, -0.2) is 0 Å². The van der Waals surface area contributed by atoms with Crippen LogP contribution < -0.4 is 9.80 Å². The Morgan fingerprint density at radius 3 is 1.54 bits per heavy atom. The number of hydrogen-bond donors (Lipinski definition) is 0. The van der Waals surface area contributed by atoms with Crippen LogP contribution in [0.2, 0.25) is 0 Å². The van der Waals surface area contributed by atoms with Crippen molar-refractivity contribution in [3.63, 3.8) is 0 Å². The monoisotopic (exact) mass is 732 g/mol. The molecule has 1 aliphatic rings. The van der Waals surface area contributed by atoms with Crippen LogP contribution in [0, 0.1) is 0 Å². The van der Waals surface area contributed by atoms with E-state index in [-0.39, 0.29) is 5.41 Å². The molecule has 2 nitrogen and oxygen atoms in total. The largest absolute Gasteiger partial charge is 0.310 e. The van der Waals surface area contributed by atoms with Crippen LogP contribution in [-0.2, 0) is 18.3 Å². The normalized spacial score (nSPS) is 13.6. The van der Waals surface area contributed by atoms with Gasteiger partial charge in [0.1, 0.15) is 0 Å². The van der Waals surface area contributed by atoms with Crippen molar-refractivity contribution < 1.29 is 0 Å². The van der Waals surface area contributed by atoms with Gasteiger partial charge in [-0.25, -0.2) is 0 Å². The lowest BCUT2D eigenvalue weighted by atomic mass is 9.70. The molecule has 274 valence electrons. The van der Waals surface area contributed by atoms with Crippen molar-refractivity contribution in [1.29, 1.82) is 0 Å². The Kier molecular flexibility index (Phi) is 7.66. The van der Waals surface area contributed by atoms with Gasteiger partial charge in [-0.3, -0.25) is 0 Å². The predicted octanol–water partition coefficient (Wildman–Crippen LogP) is 15.6. The number of aryl methyl sites for hydroxylation is 2. The Balaban J connectivity index is 1.27. The highest BCUT2D eigenvalue weighted by molar-refractivity contribution is 6.30. The quantitative estimate of drug-likeness (QED) is 0.151. The van der Waals surface area contributed by atoms with Crippen LogP contribution >= 0.6 is 0 Å². The molecule has 0 saturated heterocycles. The summed E-state index contributed by atoms with van der Waals surface area (Å²) in [5.41, 5.74) is 11.4. The van der Waals surface area contributed by atoms with E-state index in [1.54, 1.807) is 0 Å². The van der Waals surface area contributed by atoms with Crippen molar-refractivity contribution in [1.82, 2.24) is 0 Å². The average Bonchev–Trinajstić information content (AvgIpc) is 3.26. The van der Waals surface area contributed by atoms with Gasteiger partial charge in [0.2, 0.25) is 0 Å². The fourth-order valence-corrected chi connectivity index (χ4v) is 9.83. The third-order valence-electron chi connectivity index (χ3n) is 12.7. The molecule has 0 fully saturated rings. The van der Waals surface area contributed by atoms with E-state index in [2.05, 4.69) is 206 Å². The Morgan fingerprint density at radius 2 is 0.965 bits per heavy atom. The first-order valence-corrected chi connectivity index (χ1v) is 20.5. The van der Waals surface area contributed by atoms with Crippen LogP contribution in [0.1, 0.15) is 43.9 Å². The molecule has 0 spiro atoms. The molecule has 10 aromatic carbocycles. The second kappa shape index (κ2) is 13.0. The molecule has 0 heterocycles. The third-order valence-corrected chi connectivity index (χ3v) is 12.7. The molecule has 0 amide bonds. The molecule has 0 N–H and O–H groups in total. The van der Waals surface area contributed by atoms with Crippen LogP contribution in [0.15, 0.2) is 176 Å². The van der Waals surface area contributed by atoms with Gasteiger partial charge in [-0.1, -0.05) is 130 Å². The molecule has 0 unspecified atom stereocenters. The zero-order valence-corrected chi connectivity index (χ0v) is 32.8. The summed E-state index contributed by atoms with van der Waals surface area (Å²) in [7, 11) is 0. The van der Waals surface area contributed by atoms with Crippen molar-refractivity contribution in [2.45, 2.75) is 45.4 Å². The van der Waals surface area contributed by atoms with E-state index in [4.69, 9.17) is 0 Å². The predicted molar refractivity (Wildman–Crippen MR) is 245 cm³/mol. The molecule has 0 aliphatic heterocycles. The topological polar surface area (TPSA) is 6.48 Å². The molecule has 0 bridgehead atoms. The van der Waals surface area contributed by atoms with Gasteiger partial charge in [0.15, 0.2) is 0 Å². The molecular formula is C55H44N2. The number of para-hydroxylation sites is 2. The maximum atomic E-state index is 2.58. The second-order valence-corrected chi connectivity index (χ2v) is 16.5. The lowest BCUT2D eigenvalue weighted by Gasteiger charge is -2.37. The first-order chi connectivity index (χ1) is 28.0. The van der Waals surface area contributed by atoms with Crippen molar-refractivity contribution >= 4 is 88.0 Å². The summed E-state index contributed by atoms with van der Waals surface area (Å²) in [6.07, 6.45) is 3.08. The zero-order valence-electron chi connectivity index (χ0n) is 32.8. The van der Waals surface area contributed by atoms with Gasteiger partial charge >= 0.3 is 0 Å². The Morgan fingerprint density at radius 1 is 0.439 bits per heavy atom. The Labute approximate surface area is 334 Å². The zero-order chi connectivity index (χ0) is 38.3. The number of benzene rings is 10. The van der Waals surface area contributed by atoms with Gasteiger partial charge in [0, 0.05) is 38.9 Å². The van der Waals surface area contributed by atoms with Crippen LogP contribution in [0.3, 0.4) is 0 Å². The van der Waals surface area contributed by atoms with Crippen LogP contribution in [0.5, 0.6) is 0 Å². The van der Waals surface area contributed by atoms with Crippen molar-refractivity contribution in [2.24, 2.45) is 0 Å². The summed E-state index contributed by atoms with van der Waals surface area (Å²) in [5, 5.41) is 13.1. The number of rotatable bonds is 7. The van der Waals surface area contributed by atoms with E-state index in [9.17, 15) is 0 Å². The van der Waals surface area contributed by atoms with Crippen LogP contribution in [0.25, 0.3) is 53.9 Å². The third kappa shape index (κ3) is 5.31. The standard InChI is InChI=1S/C55H44N2/c1-4-36-33-51(57(43-21-9-6-10-22-43)45-26-24-38-16-12-14-18-40(38)32-45)48-35-49-52-41(29-30-55(49,2)3)34-50(47-28-27-46(36)53(48)54(47)52)56(42-19-7-5-8-20-42)44-25-23-37-15-11-13-17-39(37)31-44/h5-28,31-35H,4,29-30H2,1-3H3. The fourth-order valence-electron chi connectivity index (χ4n) is 9.83. The van der Waals surface area contributed by atoms with E-state index >= 15 is 0 Å². The highest BCUT2D eigenvalue weighted by Crippen LogP contribution is 2.54. The van der Waals surface area contributed by atoms with Gasteiger partial charge in [0.05, 0.1) is 11.4 Å². The van der Waals surface area contributed by atoms with Gasteiger partial charge in [-0.05, 0) is 146 Å². The smallest absolute Gasteiger partial charge is 0.0543 e. The molecule has 0 aromatic heterocycles. The minimum absolute atomic E-state index is 0.0139. The first-order valence-electron chi connectivity index (χ1n) is 20.5. The van der Waals surface area contributed by atoms with Crippen molar-refractivity contribution in [3.05, 3.63) is 193 Å². The van der Waals surface area contributed by atoms with Gasteiger partial charge in [-0.2, -0.15) is 0 Å². The average molecular weight is 733 g/mol. The summed E-state index contributed by atoms with van der Waals surface area (Å²) in [6.45, 7) is 7.22. The Bertz CT molecular complexity index is 3140. The minimum Gasteiger partial charge on any atom is -0.310 e. The first kappa shape index (κ1) is 33.7. The van der Waals surface area contributed by atoms with E-state index in [1.165, 1.54) is 87.6 Å². The molecular weight excluding hydrogens is 689 g/mol. The lowest BCUT2D eigenvalue weighted by Crippen LogP contribution is -2.24. The van der Waals surface area contributed by atoms with E-state index in [1.807, 2.05) is 0 Å². The van der Waals surface area contributed by atoms with E-state index in [0.717, 1.165) is 36.3 Å². The highest BCUT2D eigenvalue weighted by Gasteiger charge is 2.33. The molecule has 0 radical (unpaired) electrons. The second-order valence-electron chi connectivity index (χ2n) is 16.5. The number of hydrogen-bond acceptors (Lipinski definition) is 2. The lowest BCUT2D eigenvalue weighted by molar-refractivity contribution is 0.475. The molecule has 0 atom stereocenters. The van der Waals surface area contributed by atoms with Crippen molar-refractivity contribution in [2.75, 3.05) is 9.80 Å². The number of fused-ring (bicyclic) bond motifs is 2. The van der Waals surface area contributed by atoms with Crippen molar-refractivity contribution in [3.8, 4) is 0 Å². The summed E-state index contributed by atoms with van der Waals surface area (Å²) in [5.74, 6) is 0. The van der Waals surface area contributed by atoms with E-state index < -0.39 is 0 Å². The summed E-state index contributed by atoms with van der Waals surface area (Å²) >= 11 is 0. The molecule has 1 aliphatic carbocycles. The maximum Gasteiger partial charge on any atom is 0.0543 e. The van der Waals surface area contributed by atoms with E-state index in [0.29, 0.717) is 0 Å². The molecule has 11 rings (SSSR count). The minimum atomic E-state index is 0.0139. The summed E-state index contributed by atoms with van der Waals surface area (Å²) in [4.78, 5) is 5.01. The van der Waals surface area contributed by atoms with Gasteiger partial charge in [0.25, 0.3) is 0 Å². The molecule has 0 saturated carbocycles. The SMILES string of the molecule is CCc1cc(N(c2ccccc2)c2ccc3ccccc3c2)c2cc3c4c(cc(N(c5ccccc5)c5ccc6ccccc6c5)c5ccc1c2c54)CCC3(C)C. The van der Waals surface area contributed by atoms with Gasteiger partial charge < -0.3 is 9.80 Å². The summed E-state index contributed by atoms with van der Waals surface area (Å²) in [6, 6.07) is 65.6. The fraction of sp³-hybridized carbons (Fsp3) is 0.127. The number of nitrogens with zero attached hydrogens (tertiary/aromatic N) is 2. The maximum absolute atomic E-state index is 2.58. The summed E-state index contributed by atoms with van der Waals surface area (Å²) < 4.78 is 0. The Hall–Kier alpha value is -6.64. The van der Waals surface area contributed by atoms with Gasteiger partial charge in [-0.15, -0.1) is 0 Å². The highest BCUT2D eigenvalue weighted by atomic mass is 15.1. The molecule has 57 heavy (non-hydrogen) atoms. The molecule has 10 aromatic rings. The number of anilines is 6. The van der Waals surface area contributed by atoms with Crippen LogP contribution in [0.4, 0.5) is 34.1 Å². The molecule has 2 heteroatoms.